The van der Waals surface area contributed by atoms with Gasteiger partial charge in [0.25, 0.3) is 5.91 Å². The average molecular weight is 429 g/mol. The minimum atomic E-state index is -0.382. The number of methoxy groups -OCH3 is 1. The van der Waals surface area contributed by atoms with E-state index in [4.69, 9.17) is 9.47 Å². The van der Waals surface area contributed by atoms with Gasteiger partial charge in [-0.05, 0) is 23.8 Å². The van der Waals surface area contributed by atoms with Gasteiger partial charge in [-0.3, -0.25) is 4.79 Å². The summed E-state index contributed by atoms with van der Waals surface area (Å²) in [5, 5.41) is 19.5. The molecule has 0 atom stereocenters. The van der Waals surface area contributed by atoms with Crippen LogP contribution in [0.3, 0.4) is 0 Å². The number of nitrogens with zero attached hydrogens (tertiary/aromatic N) is 3. The summed E-state index contributed by atoms with van der Waals surface area (Å²) in [5.41, 5.74) is 1.90. The Balaban J connectivity index is 1.53. The molecular weight excluding hydrogens is 406 g/mol. The number of amides is 1. The van der Waals surface area contributed by atoms with Gasteiger partial charge in [0.2, 0.25) is 5.88 Å². The molecule has 0 aliphatic rings. The second-order valence-corrected chi connectivity index (χ2v) is 7.10. The van der Waals surface area contributed by atoms with E-state index in [0.717, 1.165) is 11.1 Å². The van der Waals surface area contributed by atoms with Crippen molar-refractivity contribution in [2.75, 3.05) is 13.7 Å². The number of benzene rings is 3. The van der Waals surface area contributed by atoms with Gasteiger partial charge in [-0.1, -0.05) is 60.7 Å². The summed E-state index contributed by atoms with van der Waals surface area (Å²) in [7, 11) is 1.59. The number of carbonyl (C=O) groups is 1. The SMILES string of the molecule is COc1ccccc1OCCn1c(O)c(N=NC(=O)Cc2ccccc2)c2ccccc21. The first-order valence-corrected chi connectivity index (χ1v) is 10.2. The number of aromatic hydroxyl groups is 1. The van der Waals surface area contributed by atoms with Crippen molar-refractivity contribution in [3.63, 3.8) is 0 Å². The molecule has 162 valence electrons. The van der Waals surface area contributed by atoms with Crippen molar-refractivity contribution in [1.29, 1.82) is 0 Å². The van der Waals surface area contributed by atoms with Crippen molar-refractivity contribution in [3.05, 3.63) is 84.4 Å². The van der Waals surface area contributed by atoms with Crippen LogP contribution in [-0.4, -0.2) is 29.3 Å². The fourth-order valence-corrected chi connectivity index (χ4v) is 3.49. The van der Waals surface area contributed by atoms with Gasteiger partial charge in [-0.15, -0.1) is 10.2 Å². The Hall–Kier alpha value is -4.13. The molecule has 0 aliphatic carbocycles. The summed E-state index contributed by atoms with van der Waals surface area (Å²) in [6.07, 6.45) is 0.149. The number of aromatic nitrogens is 1. The highest BCUT2D eigenvalue weighted by Crippen LogP contribution is 2.38. The van der Waals surface area contributed by atoms with E-state index in [2.05, 4.69) is 10.2 Å². The standard InChI is InChI=1S/C25H23N3O4/c1-31-21-13-7-8-14-22(21)32-16-15-28-20-12-6-5-11-19(20)24(25(28)30)27-26-23(29)17-18-9-3-2-4-10-18/h2-14,30H,15-17H2,1H3. The molecular formula is C25H23N3O4. The Labute approximate surface area is 185 Å². The van der Waals surface area contributed by atoms with Crippen LogP contribution >= 0.6 is 0 Å². The van der Waals surface area contributed by atoms with Crippen LogP contribution in [0.5, 0.6) is 17.4 Å². The molecule has 0 fully saturated rings. The first-order chi connectivity index (χ1) is 15.7. The number of rotatable bonds is 8. The molecule has 0 unspecified atom stereocenters. The molecule has 0 radical (unpaired) electrons. The van der Waals surface area contributed by atoms with Gasteiger partial charge >= 0.3 is 0 Å². The number of hydrogen-bond donors (Lipinski definition) is 1. The molecule has 1 amide bonds. The zero-order valence-electron chi connectivity index (χ0n) is 17.6. The van der Waals surface area contributed by atoms with Crippen molar-refractivity contribution in [2.45, 2.75) is 13.0 Å². The fourth-order valence-electron chi connectivity index (χ4n) is 3.49. The molecule has 1 heterocycles. The van der Waals surface area contributed by atoms with Crippen molar-refractivity contribution in [3.8, 4) is 17.4 Å². The minimum absolute atomic E-state index is 0.0638. The second-order valence-electron chi connectivity index (χ2n) is 7.10. The van der Waals surface area contributed by atoms with E-state index in [1.165, 1.54) is 0 Å². The lowest BCUT2D eigenvalue weighted by Crippen LogP contribution is -2.08. The van der Waals surface area contributed by atoms with Crippen LogP contribution in [-0.2, 0) is 17.8 Å². The Morgan fingerprint density at radius 3 is 2.41 bits per heavy atom. The molecule has 7 nitrogen and oxygen atoms in total. The molecule has 0 saturated heterocycles. The highest BCUT2D eigenvalue weighted by molar-refractivity contribution is 5.95. The van der Waals surface area contributed by atoms with Crippen LogP contribution in [0.15, 0.2) is 89.1 Å². The molecule has 4 rings (SSSR count). The van der Waals surface area contributed by atoms with Crippen molar-refractivity contribution in [2.24, 2.45) is 10.2 Å². The van der Waals surface area contributed by atoms with Gasteiger partial charge in [0, 0.05) is 5.39 Å². The van der Waals surface area contributed by atoms with E-state index in [0.29, 0.717) is 30.0 Å². The van der Waals surface area contributed by atoms with Crippen LogP contribution < -0.4 is 9.47 Å². The third kappa shape index (κ3) is 4.62. The second kappa shape index (κ2) is 9.78. The third-order valence-electron chi connectivity index (χ3n) is 5.02. The van der Waals surface area contributed by atoms with Gasteiger partial charge in [-0.2, -0.15) is 0 Å². The molecule has 0 saturated carbocycles. The van der Waals surface area contributed by atoms with E-state index in [-0.39, 0.29) is 23.9 Å². The number of carbonyl (C=O) groups excluding carboxylic acids is 1. The van der Waals surface area contributed by atoms with E-state index in [1.54, 1.807) is 11.7 Å². The Kier molecular flexibility index (Phi) is 6.46. The number of fused-ring (bicyclic) bond motifs is 1. The Morgan fingerprint density at radius 1 is 0.938 bits per heavy atom. The van der Waals surface area contributed by atoms with Gasteiger partial charge in [0.05, 0.1) is 25.6 Å². The monoisotopic (exact) mass is 429 g/mol. The number of ether oxygens (including phenoxy) is 2. The molecule has 7 heteroatoms. The summed E-state index contributed by atoms with van der Waals surface area (Å²) in [4.78, 5) is 12.2. The van der Waals surface area contributed by atoms with E-state index in [9.17, 15) is 9.90 Å². The van der Waals surface area contributed by atoms with E-state index < -0.39 is 0 Å². The van der Waals surface area contributed by atoms with E-state index in [1.807, 2.05) is 78.9 Å². The maximum Gasteiger partial charge on any atom is 0.269 e. The molecule has 32 heavy (non-hydrogen) atoms. The maximum atomic E-state index is 12.2. The molecule has 1 N–H and O–H groups in total. The molecule has 1 aromatic heterocycles. The number of hydrogen-bond acceptors (Lipinski definition) is 5. The normalized spacial score (nSPS) is 11.2. The van der Waals surface area contributed by atoms with Crippen molar-refractivity contribution in [1.82, 2.24) is 4.57 Å². The summed E-state index contributed by atoms with van der Waals surface area (Å²) >= 11 is 0. The molecule has 3 aromatic carbocycles. The lowest BCUT2D eigenvalue weighted by molar-refractivity contribution is -0.117. The maximum absolute atomic E-state index is 12.2. The molecule has 0 aliphatic heterocycles. The van der Waals surface area contributed by atoms with Gasteiger partial charge in [-0.25, -0.2) is 0 Å². The highest BCUT2D eigenvalue weighted by atomic mass is 16.5. The van der Waals surface area contributed by atoms with Crippen LogP contribution in [0, 0.1) is 0 Å². The summed E-state index contributed by atoms with van der Waals surface area (Å²) in [5.74, 6) is 0.816. The smallest absolute Gasteiger partial charge is 0.269 e. The van der Waals surface area contributed by atoms with Crippen LogP contribution in [0.2, 0.25) is 0 Å². The predicted octanol–water partition coefficient (Wildman–Crippen LogP) is 5.29. The third-order valence-corrected chi connectivity index (χ3v) is 5.02. The topological polar surface area (TPSA) is 85.4 Å². The first kappa shape index (κ1) is 21.1. The molecule has 0 spiro atoms. The molecule has 0 bridgehead atoms. The van der Waals surface area contributed by atoms with E-state index >= 15 is 0 Å². The lowest BCUT2D eigenvalue weighted by Gasteiger charge is -2.11. The summed E-state index contributed by atoms with van der Waals surface area (Å²) in [6.45, 7) is 0.675. The minimum Gasteiger partial charge on any atom is -0.493 e. The zero-order valence-corrected chi connectivity index (χ0v) is 17.6. The Morgan fingerprint density at radius 2 is 1.62 bits per heavy atom. The van der Waals surface area contributed by atoms with Gasteiger partial charge in [0.15, 0.2) is 17.2 Å². The predicted molar refractivity (Wildman–Crippen MR) is 122 cm³/mol. The Bertz CT molecular complexity index is 1250. The van der Waals surface area contributed by atoms with Crippen molar-refractivity contribution >= 4 is 22.5 Å². The summed E-state index contributed by atoms with van der Waals surface area (Å²) in [6, 6.07) is 24.2. The number of para-hydroxylation sites is 3. The highest BCUT2D eigenvalue weighted by Gasteiger charge is 2.17. The average Bonchev–Trinajstić information content (AvgIpc) is 3.09. The molecule has 4 aromatic rings. The zero-order chi connectivity index (χ0) is 22.3. The van der Waals surface area contributed by atoms with Crippen LogP contribution in [0.1, 0.15) is 5.56 Å². The van der Waals surface area contributed by atoms with Crippen LogP contribution in [0.4, 0.5) is 5.69 Å². The van der Waals surface area contributed by atoms with Gasteiger partial charge < -0.3 is 19.1 Å². The quantitative estimate of drug-likeness (QED) is 0.386. The largest absolute Gasteiger partial charge is 0.493 e. The van der Waals surface area contributed by atoms with Crippen LogP contribution in [0.25, 0.3) is 10.9 Å². The van der Waals surface area contributed by atoms with Gasteiger partial charge in [0.1, 0.15) is 6.61 Å². The lowest BCUT2D eigenvalue weighted by atomic mass is 10.1. The number of azo groups is 1. The fraction of sp³-hybridized carbons (Fsp3) is 0.160. The summed E-state index contributed by atoms with van der Waals surface area (Å²) < 4.78 is 12.8. The van der Waals surface area contributed by atoms with Crippen molar-refractivity contribution < 1.29 is 19.4 Å². The first-order valence-electron chi connectivity index (χ1n) is 10.2.